The number of morpholine rings is 1. The number of benzene rings is 1. The summed E-state index contributed by atoms with van der Waals surface area (Å²) in [5.41, 5.74) is 1.57. The Balaban J connectivity index is 1.29. The number of hydrogen-bond donors (Lipinski definition) is 1. The third kappa shape index (κ3) is 4.41. The van der Waals surface area contributed by atoms with Crippen molar-refractivity contribution in [2.45, 2.75) is 24.3 Å². The van der Waals surface area contributed by atoms with Crippen LogP contribution >= 0.6 is 0 Å². The van der Waals surface area contributed by atoms with Gasteiger partial charge in [-0.25, -0.2) is 9.97 Å². The van der Waals surface area contributed by atoms with Crippen LogP contribution in [0.4, 0.5) is 11.6 Å². The van der Waals surface area contributed by atoms with E-state index in [1.807, 2.05) is 18.3 Å². The molecule has 1 aromatic heterocycles. The number of para-hydroxylation sites is 1. The first-order chi connectivity index (χ1) is 15.1. The second kappa shape index (κ2) is 8.52. The standard InChI is InChI=1S/C21H26N6O3S/c28-31(29)19-6-2-1-5-18(19)24-20(25-31)16-4-3-9-26(14-16)15-17-7-8-22-21(23-17)27-10-12-30-13-11-27/h1-2,5-8,16H,3-4,9-15H2,(H,24,25)/t16-/m1/s1. The molecular weight excluding hydrogens is 416 g/mol. The van der Waals surface area contributed by atoms with Gasteiger partial charge in [-0.15, -0.1) is 4.40 Å². The summed E-state index contributed by atoms with van der Waals surface area (Å²) in [5.74, 6) is 1.33. The number of aromatic nitrogens is 2. The Labute approximate surface area is 182 Å². The van der Waals surface area contributed by atoms with Crippen molar-refractivity contribution in [2.75, 3.05) is 49.6 Å². The Morgan fingerprint density at radius 1 is 1.13 bits per heavy atom. The van der Waals surface area contributed by atoms with Crippen LogP contribution in [0, 0.1) is 5.92 Å². The average Bonchev–Trinajstić information content (AvgIpc) is 2.80. The minimum atomic E-state index is -3.66. The van der Waals surface area contributed by atoms with Crippen molar-refractivity contribution in [3.8, 4) is 0 Å². The number of sulfonamides is 1. The highest BCUT2D eigenvalue weighted by Gasteiger charge is 2.31. The first-order valence-corrected chi connectivity index (χ1v) is 12.1. The van der Waals surface area contributed by atoms with Crippen molar-refractivity contribution in [3.63, 3.8) is 0 Å². The van der Waals surface area contributed by atoms with E-state index in [-0.39, 0.29) is 10.8 Å². The maximum atomic E-state index is 12.6. The predicted molar refractivity (Wildman–Crippen MR) is 118 cm³/mol. The lowest BCUT2D eigenvalue weighted by Crippen LogP contribution is -2.42. The normalized spacial score (nSPS) is 23.5. The molecule has 10 heteroatoms. The molecule has 2 saturated heterocycles. The topological polar surface area (TPSA) is 100 Å². The number of hydrogen-bond acceptors (Lipinski definition) is 8. The van der Waals surface area contributed by atoms with Crippen LogP contribution in [0.3, 0.4) is 0 Å². The van der Waals surface area contributed by atoms with Crippen LogP contribution in [0.1, 0.15) is 18.5 Å². The van der Waals surface area contributed by atoms with Crippen LogP contribution < -0.4 is 10.2 Å². The van der Waals surface area contributed by atoms with Crippen molar-refractivity contribution in [1.29, 1.82) is 0 Å². The third-order valence-corrected chi connectivity index (χ3v) is 7.27. The number of ether oxygens (including phenoxy) is 1. The van der Waals surface area contributed by atoms with Gasteiger partial charge in [-0.2, -0.15) is 8.42 Å². The van der Waals surface area contributed by atoms with Gasteiger partial charge in [-0.1, -0.05) is 12.1 Å². The summed E-state index contributed by atoms with van der Waals surface area (Å²) in [4.78, 5) is 13.9. The van der Waals surface area contributed by atoms with E-state index in [2.05, 4.69) is 24.5 Å². The molecule has 0 bridgehead atoms. The lowest BCUT2D eigenvalue weighted by molar-refractivity contribution is 0.122. The summed E-state index contributed by atoms with van der Waals surface area (Å²) < 4.78 is 34.7. The quantitative estimate of drug-likeness (QED) is 0.764. The zero-order valence-electron chi connectivity index (χ0n) is 17.3. The minimum absolute atomic E-state index is 0.0393. The van der Waals surface area contributed by atoms with Crippen molar-refractivity contribution < 1.29 is 13.2 Å². The van der Waals surface area contributed by atoms with Gasteiger partial charge in [0.05, 0.1) is 24.6 Å². The number of rotatable bonds is 4. The molecule has 3 aliphatic rings. The molecule has 9 nitrogen and oxygen atoms in total. The molecule has 1 aromatic carbocycles. The van der Waals surface area contributed by atoms with E-state index in [4.69, 9.17) is 9.72 Å². The first-order valence-electron chi connectivity index (χ1n) is 10.7. The second-order valence-corrected chi connectivity index (χ2v) is 9.67. The van der Waals surface area contributed by atoms with Crippen LogP contribution in [-0.2, 0) is 21.3 Å². The Morgan fingerprint density at radius 3 is 2.84 bits per heavy atom. The number of fused-ring (bicyclic) bond motifs is 1. The molecule has 3 aliphatic heterocycles. The van der Waals surface area contributed by atoms with Crippen molar-refractivity contribution >= 4 is 27.5 Å². The van der Waals surface area contributed by atoms with E-state index in [1.165, 1.54) is 0 Å². The van der Waals surface area contributed by atoms with Gasteiger partial charge in [0.1, 0.15) is 10.7 Å². The fourth-order valence-corrected chi connectivity index (χ4v) is 5.55. The van der Waals surface area contributed by atoms with Crippen molar-refractivity contribution in [1.82, 2.24) is 14.9 Å². The SMILES string of the molecule is O=S1(=O)N=C([C@@H]2CCCN(Cc3ccnc(N4CCOCC4)n3)C2)Nc2ccccc21. The molecule has 0 saturated carbocycles. The molecular formula is C21H26N6O3S. The maximum Gasteiger partial charge on any atom is 0.286 e. The van der Waals surface area contributed by atoms with Crippen LogP contribution in [-0.4, -0.2) is 68.5 Å². The number of amidine groups is 1. The molecule has 1 N–H and O–H groups in total. The highest BCUT2D eigenvalue weighted by Crippen LogP contribution is 2.30. The molecule has 1 atom stereocenters. The number of piperidine rings is 1. The molecule has 5 rings (SSSR count). The summed E-state index contributed by atoms with van der Waals surface area (Å²) in [6.45, 7) is 5.38. The van der Waals surface area contributed by atoms with Crippen LogP contribution in [0.15, 0.2) is 45.8 Å². The van der Waals surface area contributed by atoms with Gasteiger partial charge in [0, 0.05) is 38.3 Å². The third-order valence-electron chi connectivity index (χ3n) is 5.92. The summed E-state index contributed by atoms with van der Waals surface area (Å²) in [6, 6.07) is 8.87. The Kier molecular flexibility index (Phi) is 5.59. The number of nitrogens with one attached hydrogen (secondary N) is 1. The molecule has 0 spiro atoms. The van der Waals surface area contributed by atoms with E-state index in [9.17, 15) is 8.42 Å². The maximum absolute atomic E-state index is 12.6. The minimum Gasteiger partial charge on any atom is -0.378 e. The van der Waals surface area contributed by atoms with Gasteiger partial charge in [0.25, 0.3) is 10.0 Å². The number of likely N-dealkylation sites (tertiary alicyclic amines) is 1. The number of nitrogens with zero attached hydrogens (tertiary/aromatic N) is 5. The van der Waals surface area contributed by atoms with E-state index in [1.54, 1.807) is 18.2 Å². The van der Waals surface area contributed by atoms with Crippen molar-refractivity contribution in [2.24, 2.45) is 10.3 Å². The Bertz CT molecular complexity index is 1080. The van der Waals surface area contributed by atoms with Gasteiger partial charge in [0.15, 0.2) is 0 Å². The first kappa shape index (κ1) is 20.3. The molecule has 31 heavy (non-hydrogen) atoms. The molecule has 0 aliphatic carbocycles. The molecule has 4 heterocycles. The summed E-state index contributed by atoms with van der Waals surface area (Å²) in [5, 5.41) is 3.26. The van der Waals surface area contributed by atoms with Gasteiger partial charge in [-0.3, -0.25) is 4.90 Å². The highest BCUT2D eigenvalue weighted by molar-refractivity contribution is 7.90. The molecule has 164 valence electrons. The monoisotopic (exact) mass is 442 g/mol. The lowest BCUT2D eigenvalue weighted by atomic mass is 9.96. The smallest absolute Gasteiger partial charge is 0.286 e. The Hall–Kier alpha value is -2.56. The van der Waals surface area contributed by atoms with E-state index in [0.717, 1.165) is 50.7 Å². The molecule has 0 radical (unpaired) electrons. The summed E-state index contributed by atoms with van der Waals surface area (Å²) >= 11 is 0. The highest BCUT2D eigenvalue weighted by atomic mass is 32.2. The number of anilines is 2. The fraction of sp³-hybridized carbons (Fsp3) is 0.476. The molecule has 0 unspecified atom stereocenters. The summed E-state index contributed by atoms with van der Waals surface area (Å²) in [7, 11) is -3.66. The van der Waals surface area contributed by atoms with E-state index >= 15 is 0 Å². The van der Waals surface area contributed by atoms with Crippen LogP contribution in [0.2, 0.25) is 0 Å². The summed E-state index contributed by atoms with van der Waals surface area (Å²) in [6.07, 6.45) is 3.70. The van der Waals surface area contributed by atoms with Gasteiger partial charge >= 0.3 is 0 Å². The lowest BCUT2D eigenvalue weighted by Gasteiger charge is -2.34. The van der Waals surface area contributed by atoms with E-state index in [0.29, 0.717) is 31.3 Å². The molecule has 0 amide bonds. The average molecular weight is 443 g/mol. The zero-order valence-corrected chi connectivity index (χ0v) is 18.1. The van der Waals surface area contributed by atoms with Gasteiger partial charge in [0.2, 0.25) is 5.95 Å². The van der Waals surface area contributed by atoms with Crippen LogP contribution in [0.25, 0.3) is 0 Å². The van der Waals surface area contributed by atoms with E-state index < -0.39 is 10.0 Å². The molecule has 2 aromatic rings. The Morgan fingerprint density at radius 2 is 1.97 bits per heavy atom. The van der Waals surface area contributed by atoms with Crippen molar-refractivity contribution in [3.05, 3.63) is 42.2 Å². The largest absolute Gasteiger partial charge is 0.378 e. The molecule has 2 fully saturated rings. The van der Waals surface area contributed by atoms with Gasteiger partial charge < -0.3 is 15.0 Å². The second-order valence-electron chi connectivity index (χ2n) is 8.09. The van der Waals surface area contributed by atoms with Crippen LogP contribution in [0.5, 0.6) is 0 Å². The fourth-order valence-electron chi connectivity index (χ4n) is 4.35. The predicted octanol–water partition coefficient (Wildman–Crippen LogP) is 1.74. The zero-order chi connectivity index (χ0) is 21.3. The van der Waals surface area contributed by atoms with Gasteiger partial charge in [-0.05, 0) is 37.6 Å².